The number of amides is 1. The van der Waals surface area contributed by atoms with Crippen molar-refractivity contribution in [2.45, 2.75) is 0 Å². The predicted octanol–water partition coefficient (Wildman–Crippen LogP) is 2.53. The van der Waals surface area contributed by atoms with Crippen molar-refractivity contribution in [2.75, 3.05) is 18.4 Å². The number of nitro benzene ring substituents is 1. The standard InChI is InChI=1S/C13H13BrN4O3/c14-9-7-11(17-8-9)13(19)16-6-5-15-10-3-1-2-4-12(10)18(20)21/h1-4,7-8,15,17H,5-6H2,(H,16,19). The van der Waals surface area contributed by atoms with Crippen molar-refractivity contribution >= 4 is 33.2 Å². The molecule has 0 aliphatic heterocycles. The molecule has 7 nitrogen and oxygen atoms in total. The van der Waals surface area contributed by atoms with Crippen LogP contribution in [0, 0.1) is 10.1 Å². The summed E-state index contributed by atoms with van der Waals surface area (Å²) in [4.78, 5) is 25.0. The van der Waals surface area contributed by atoms with E-state index in [4.69, 9.17) is 0 Å². The second-order valence-corrected chi connectivity index (χ2v) is 5.10. The van der Waals surface area contributed by atoms with Crippen LogP contribution < -0.4 is 10.6 Å². The van der Waals surface area contributed by atoms with E-state index in [0.717, 1.165) is 4.47 Å². The summed E-state index contributed by atoms with van der Waals surface area (Å²) in [5, 5.41) is 16.5. The molecular formula is C13H13BrN4O3. The molecule has 0 aliphatic rings. The smallest absolute Gasteiger partial charge is 0.292 e. The van der Waals surface area contributed by atoms with Crippen molar-refractivity contribution in [3.05, 3.63) is 56.8 Å². The Morgan fingerprint density at radius 1 is 1.33 bits per heavy atom. The molecule has 1 heterocycles. The molecule has 0 fully saturated rings. The molecule has 0 bridgehead atoms. The van der Waals surface area contributed by atoms with Gasteiger partial charge < -0.3 is 15.6 Å². The van der Waals surface area contributed by atoms with Crippen molar-refractivity contribution in [3.63, 3.8) is 0 Å². The van der Waals surface area contributed by atoms with Gasteiger partial charge in [0.25, 0.3) is 11.6 Å². The zero-order chi connectivity index (χ0) is 15.2. The molecule has 3 N–H and O–H groups in total. The number of hydrogen-bond acceptors (Lipinski definition) is 4. The molecule has 0 radical (unpaired) electrons. The number of nitrogens with zero attached hydrogens (tertiary/aromatic N) is 1. The van der Waals surface area contributed by atoms with Gasteiger partial charge in [0.15, 0.2) is 0 Å². The zero-order valence-corrected chi connectivity index (χ0v) is 12.5. The molecule has 1 amide bonds. The second kappa shape index (κ2) is 6.89. The summed E-state index contributed by atoms with van der Waals surface area (Å²) in [6.45, 7) is 0.736. The van der Waals surface area contributed by atoms with E-state index < -0.39 is 4.92 Å². The van der Waals surface area contributed by atoms with Gasteiger partial charge in [-0.25, -0.2) is 0 Å². The number of carbonyl (C=O) groups excluding carboxylic acids is 1. The normalized spacial score (nSPS) is 10.1. The first-order valence-corrected chi connectivity index (χ1v) is 6.96. The molecule has 21 heavy (non-hydrogen) atoms. The van der Waals surface area contributed by atoms with E-state index in [1.165, 1.54) is 6.07 Å². The maximum atomic E-state index is 11.7. The molecular weight excluding hydrogens is 340 g/mol. The van der Waals surface area contributed by atoms with Crippen LogP contribution in [0.15, 0.2) is 41.0 Å². The van der Waals surface area contributed by atoms with Gasteiger partial charge in [-0.2, -0.15) is 0 Å². The van der Waals surface area contributed by atoms with E-state index in [-0.39, 0.29) is 11.6 Å². The summed E-state index contributed by atoms with van der Waals surface area (Å²) < 4.78 is 0.797. The number of nitro groups is 1. The second-order valence-electron chi connectivity index (χ2n) is 4.19. The van der Waals surface area contributed by atoms with Gasteiger partial charge in [-0.05, 0) is 28.1 Å². The highest BCUT2D eigenvalue weighted by Gasteiger charge is 2.11. The number of halogens is 1. The van der Waals surface area contributed by atoms with Crippen LogP contribution in [-0.4, -0.2) is 28.9 Å². The average Bonchev–Trinajstić information content (AvgIpc) is 2.90. The van der Waals surface area contributed by atoms with E-state index in [2.05, 4.69) is 31.5 Å². The Morgan fingerprint density at radius 3 is 2.76 bits per heavy atom. The molecule has 0 spiro atoms. The number of aromatic amines is 1. The summed E-state index contributed by atoms with van der Waals surface area (Å²) >= 11 is 3.25. The van der Waals surface area contributed by atoms with Crippen LogP contribution >= 0.6 is 15.9 Å². The van der Waals surface area contributed by atoms with Crippen molar-refractivity contribution in [1.29, 1.82) is 0 Å². The summed E-state index contributed by atoms with van der Waals surface area (Å²) in [6.07, 6.45) is 1.67. The minimum atomic E-state index is -0.447. The first-order chi connectivity index (χ1) is 10.1. The number of rotatable bonds is 6. The molecule has 2 rings (SSSR count). The van der Waals surface area contributed by atoms with Crippen LogP contribution in [0.25, 0.3) is 0 Å². The third-order valence-corrected chi connectivity index (χ3v) is 3.18. The van der Waals surface area contributed by atoms with Gasteiger partial charge in [-0.3, -0.25) is 14.9 Å². The van der Waals surface area contributed by atoms with E-state index >= 15 is 0 Å². The average molecular weight is 353 g/mol. The van der Waals surface area contributed by atoms with Crippen LogP contribution in [0.4, 0.5) is 11.4 Å². The highest BCUT2D eigenvalue weighted by molar-refractivity contribution is 9.10. The van der Waals surface area contributed by atoms with Crippen LogP contribution in [0.1, 0.15) is 10.5 Å². The van der Waals surface area contributed by atoms with Gasteiger partial charge in [0.05, 0.1) is 4.92 Å². The molecule has 0 aliphatic carbocycles. The largest absolute Gasteiger partial charge is 0.378 e. The third-order valence-electron chi connectivity index (χ3n) is 2.72. The quantitative estimate of drug-likeness (QED) is 0.422. The number of carbonyl (C=O) groups is 1. The van der Waals surface area contributed by atoms with Crippen molar-refractivity contribution < 1.29 is 9.72 Å². The van der Waals surface area contributed by atoms with Crippen LogP contribution in [0.3, 0.4) is 0 Å². The third kappa shape index (κ3) is 4.06. The van der Waals surface area contributed by atoms with Gasteiger partial charge in [0.1, 0.15) is 11.4 Å². The fourth-order valence-corrected chi connectivity index (χ4v) is 2.09. The molecule has 0 atom stereocenters. The molecule has 0 saturated carbocycles. The molecule has 1 aromatic heterocycles. The lowest BCUT2D eigenvalue weighted by atomic mass is 10.2. The Labute approximate surface area is 129 Å². The Kier molecular flexibility index (Phi) is 4.94. The minimum Gasteiger partial charge on any atom is -0.378 e. The van der Waals surface area contributed by atoms with Gasteiger partial charge in [-0.15, -0.1) is 0 Å². The number of hydrogen-bond donors (Lipinski definition) is 3. The highest BCUT2D eigenvalue weighted by Crippen LogP contribution is 2.22. The Bertz CT molecular complexity index is 656. The van der Waals surface area contributed by atoms with Gasteiger partial charge in [0, 0.05) is 29.8 Å². The van der Waals surface area contributed by atoms with Crippen molar-refractivity contribution in [1.82, 2.24) is 10.3 Å². The first kappa shape index (κ1) is 15.0. The number of anilines is 1. The van der Waals surface area contributed by atoms with E-state index in [0.29, 0.717) is 24.5 Å². The lowest BCUT2D eigenvalue weighted by Gasteiger charge is -2.07. The lowest BCUT2D eigenvalue weighted by molar-refractivity contribution is -0.384. The van der Waals surface area contributed by atoms with Crippen LogP contribution in [-0.2, 0) is 0 Å². The number of H-pyrrole nitrogens is 1. The SMILES string of the molecule is O=C(NCCNc1ccccc1[N+](=O)[O-])c1cc(Br)c[nH]1. The molecule has 2 aromatic rings. The minimum absolute atomic E-state index is 0.0112. The van der Waals surface area contributed by atoms with E-state index in [1.54, 1.807) is 30.5 Å². The topological polar surface area (TPSA) is 100 Å². The summed E-state index contributed by atoms with van der Waals surface area (Å²) in [7, 11) is 0. The fraction of sp³-hybridized carbons (Fsp3) is 0.154. The van der Waals surface area contributed by atoms with E-state index in [1.807, 2.05) is 0 Å². The maximum Gasteiger partial charge on any atom is 0.292 e. The van der Waals surface area contributed by atoms with Crippen molar-refractivity contribution in [3.8, 4) is 0 Å². The first-order valence-electron chi connectivity index (χ1n) is 6.17. The molecule has 0 saturated heterocycles. The number of benzene rings is 1. The predicted molar refractivity (Wildman–Crippen MR) is 82.4 cm³/mol. The number of nitrogens with one attached hydrogen (secondary N) is 3. The Morgan fingerprint density at radius 2 is 2.10 bits per heavy atom. The van der Waals surface area contributed by atoms with Crippen molar-refractivity contribution in [2.24, 2.45) is 0 Å². The molecule has 0 unspecified atom stereocenters. The van der Waals surface area contributed by atoms with Crippen LogP contribution in [0.2, 0.25) is 0 Å². The number of aromatic nitrogens is 1. The Balaban J connectivity index is 1.83. The summed E-state index contributed by atoms with van der Waals surface area (Å²) in [5.41, 5.74) is 0.893. The fourth-order valence-electron chi connectivity index (χ4n) is 1.75. The Hall–Kier alpha value is -2.35. The van der Waals surface area contributed by atoms with Gasteiger partial charge >= 0.3 is 0 Å². The molecule has 1 aromatic carbocycles. The lowest BCUT2D eigenvalue weighted by Crippen LogP contribution is -2.29. The van der Waals surface area contributed by atoms with Gasteiger partial charge in [-0.1, -0.05) is 12.1 Å². The monoisotopic (exact) mass is 352 g/mol. The molecule has 110 valence electrons. The molecule has 8 heteroatoms. The summed E-state index contributed by atoms with van der Waals surface area (Å²) in [6, 6.07) is 8.04. The highest BCUT2D eigenvalue weighted by atomic mass is 79.9. The van der Waals surface area contributed by atoms with Gasteiger partial charge in [0.2, 0.25) is 0 Å². The number of para-hydroxylation sites is 2. The maximum absolute atomic E-state index is 11.7. The zero-order valence-electron chi connectivity index (χ0n) is 10.9. The van der Waals surface area contributed by atoms with E-state index in [9.17, 15) is 14.9 Å². The summed E-state index contributed by atoms with van der Waals surface area (Å²) in [5.74, 6) is -0.231. The van der Waals surface area contributed by atoms with Crippen LogP contribution in [0.5, 0.6) is 0 Å².